The van der Waals surface area contributed by atoms with E-state index in [1.54, 1.807) is 56.4 Å². The molecule has 1 atom stereocenters. The molecule has 0 aliphatic carbocycles. The first-order chi connectivity index (χ1) is 9.99. The molecule has 3 N–H and O–H groups in total. The van der Waals surface area contributed by atoms with Gasteiger partial charge in [0.05, 0.1) is 6.04 Å². The third-order valence-electron chi connectivity index (χ3n) is 3.42. The number of carbonyl (C=O) groups excluding carboxylic acids is 1. The Morgan fingerprint density at radius 1 is 1.19 bits per heavy atom. The summed E-state index contributed by atoms with van der Waals surface area (Å²) in [6, 6.07) is 12.6. The molecule has 0 aromatic heterocycles. The second kappa shape index (κ2) is 6.26. The number of benzene rings is 2. The molecule has 0 bridgehead atoms. The SMILES string of the molecule is CC(c1ccccc1F)N(C)C(=O)Nc1ccc(N)cc1. The van der Waals surface area contributed by atoms with E-state index in [4.69, 9.17) is 5.73 Å². The molecular formula is C16H18FN3O. The van der Waals surface area contributed by atoms with Crippen LogP contribution in [0.25, 0.3) is 0 Å². The van der Waals surface area contributed by atoms with Crippen LogP contribution in [0.1, 0.15) is 18.5 Å². The van der Waals surface area contributed by atoms with Crippen LogP contribution in [0, 0.1) is 5.82 Å². The van der Waals surface area contributed by atoms with E-state index in [0.717, 1.165) is 0 Å². The van der Waals surface area contributed by atoms with E-state index in [1.807, 2.05) is 0 Å². The maximum Gasteiger partial charge on any atom is 0.322 e. The predicted molar refractivity (Wildman–Crippen MR) is 82.5 cm³/mol. The molecule has 21 heavy (non-hydrogen) atoms. The van der Waals surface area contributed by atoms with Crippen molar-refractivity contribution < 1.29 is 9.18 Å². The summed E-state index contributed by atoms with van der Waals surface area (Å²) in [5.41, 5.74) is 7.34. The molecule has 0 heterocycles. The molecule has 2 aromatic rings. The van der Waals surface area contributed by atoms with Gasteiger partial charge in [0.2, 0.25) is 0 Å². The molecule has 5 heteroatoms. The molecule has 0 saturated heterocycles. The van der Waals surface area contributed by atoms with E-state index in [0.29, 0.717) is 16.9 Å². The van der Waals surface area contributed by atoms with Crippen LogP contribution in [-0.2, 0) is 0 Å². The number of hydrogen-bond acceptors (Lipinski definition) is 2. The Hall–Kier alpha value is -2.56. The summed E-state index contributed by atoms with van der Waals surface area (Å²) in [5, 5.41) is 2.75. The lowest BCUT2D eigenvalue weighted by Crippen LogP contribution is -2.34. The molecule has 2 rings (SSSR count). The number of nitrogens with two attached hydrogens (primary N) is 1. The fraction of sp³-hybridized carbons (Fsp3) is 0.188. The maximum absolute atomic E-state index is 13.8. The number of halogens is 1. The zero-order valence-corrected chi connectivity index (χ0v) is 12.0. The highest BCUT2D eigenvalue weighted by Crippen LogP contribution is 2.22. The number of nitrogens with zero attached hydrogens (tertiary/aromatic N) is 1. The number of rotatable bonds is 3. The first-order valence-electron chi connectivity index (χ1n) is 6.63. The van der Waals surface area contributed by atoms with Crippen LogP contribution in [0.3, 0.4) is 0 Å². The van der Waals surface area contributed by atoms with Crippen LogP contribution < -0.4 is 11.1 Å². The van der Waals surface area contributed by atoms with E-state index in [1.165, 1.54) is 11.0 Å². The first kappa shape index (κ1) is 14.8. The summed E-state index contributed by atoms with van der Waals surface area (Å²) in [4.78, 5) is 13.6. The lowest BCUT2D eigenvalue weighted by molar-refractivity contribution is 0.207. The highest BCUT2D eigenvalue weighted by molar-refractivity contribution is 5.89. The van der Waals surface area contributed by atoms with Crippen LogP contribution in [0.15, 0.2) is 48.5 Å². The molecule has 0 fully saturated rings. The molecule has 0 aliphatic rings. The highest BCUT2D eigenvalue weighted by Gasteiger charge is 2.19. The molecule has 0 aliphatic heterocycles. The monoisotopic (exact) mass is 287 g/mol. The molecule has 1 unspecified atom stereocenters. The fourth-order valence-corrected chi connectivity index (χ4v) is 1.98. The van der Waals surface area contributed by atoms with Crippen molar-refractivity contribution in [3.63, 3.8) is 0 Å². The normalized spacial score (nSPS) is 11.8. The second-order valence-corrected chi connectivity index (χ2v) is 4.86. The Morgan fingerprint density at radius 3 is 2.43 bits per heavy atom. The zero-order valence-electron chi connectivity index (χ0n) is 12.0. The van der Waals surface area contributed by atoms with E-state index in [-0.39, 0.29) is 17.9 Å². The van der Waals surface area contributed by atoms with Gasteiger partial charge in [0, 0.05) is 24.0 Å². The Morgan fingerprint density at radius 2 is 1.81 bits per heavy atom. The van der Waals surface area contributed by atoms with Crippen LogP contribution in [0.5, 0.6) is 0 Å². The summed E-state index contributed by atoms with van der Waals surface area (Å²) in [7, 11) is 1.63. The van der Waals surface area contributed by atoms with Gasteiger partial charge in [-0.05, 0) is 37.3 Å². The van der Waals surface area contributed by atoms with Crippen LogP contribution in [0.2, 0.25) is 0 Å². The minimum atomic E-state index is -0.375. The average molecular weight is 287 g/mol. The molecule has 2 aromatic carbocycles. The topological polar surface area (TPSA) is 58.4 Å². The van der Waals surface area contributed by atoms with Crippen molar-refractivity contribution in [3.05, 3.63) is 59.9 Å². The average Bonchev–Trinajstić information content (AvgIpc) is 2.48. The number of anilines is 2. The summed E-state index contributed by atoms with van der Waals surface area (Å²) in [5.74, 6) is -0.322. The van der Waals surface area contributed by atoms with E-state index in [2.05, 4.69) is 5.32 Å². The van der Waals surface area contributed by atoms with Gasteiger partial charge < -0.3 is 16.0 Å². The highest BCUT2D eigenvalue weighted by atomic mass is 19.1. The Kier molecular flexibility index (Phi) is 4.42. The molecule has 0 saturated carbocycles. The van der Waals surface area contributed by atoms with E-state index in [9.17, 15) is 9.18 Å². The van der Waals surface area contributed by atoms with Gasteiger partial charge in [0.25, 0.3) is 0 Å². The van der Waals surface area contributed by atoms with Crippen LogP contribution >= 0.6 is 0 Å². The quantitative estimate of drug-likeness (QED) is 0.847. The number of nitrogens with one attached hydrogen (secondary N) is 1. The Labute approximate surface area is 123 Å². The Balaban J connectivity index is 2.08. The third kappa shape index (κ3) is 3.51. The lowest BCUT2D eigenvalue weighted by Gasteiger charge is -2.26. The molecule has 2 amide bonds. The second-order valence-electron chi connectivity index (χ2n) is 4.86. The summed E-state index contributed by atoms with van der Waals surface area (Å²) >= 11 is 0. The maximum atomic E-state index is 13.8. The van der Waals surface area contributed by atoms with E-state index >= 15 is 0 Å². The molecule has 4 nitrogen and oxygen atoms in total. The minimum absolute atomic E-state index is 0.310. The van der Waals surface area contributed by atoms with Crippen molar-refractivity contribution in [2.75, 3.05) is 18.1 Å². The lowest BCUT2D eigenvalue weighted by atomic mass is 10.1. The van der Waals surface area contributed by atoms with E-state index < -0.39 is 0 Å². The smallest absolute Gasteiger partial charge is 0.322 e. The van der Waals surface area contributed by atoms with Gasteiger partial charge in [0.15, 0.2) is 0 Å². The molecule has 0 radical (unpaired) electrons. The van der Waals surface area contributed by atoms with Crippen LogP contribution in [0.4, 0.5) is 20.6 Å². The number of carbonyl (C=O) groups is 1. The fourth-order valence-electron chi connectivity index (χ4n) is 1.98. The van der Waals surface area contributed by atoms with Gasteiger partial charge in [0.1, 0.15) is 5.82 Å². The number of hydrogen-bond donors (Lipinski definition) is 2. The van der Waals surface area contributed by atoms with Gasteiger partial charge in [-0.15, -0.1) is 0 Å². The van der Waals surface area contributed by atoms with Crippen molar-refractivity contribution in [2.24, 2.45) is 0 Å². The number of nitrogen functional groups attached to an aromatic ring is 1. The number of amides is 2. The van der Waals surface area contributed by atoms with Crippen molar-refractivity contribution in [2.45, 2.75) is 13.0 Å². The largest absolute Gasteiger partial charge is 0.399 e. The predicted octanol–water partition coefficient (Wildman–Crippen LogP) is 3.63. The van der Waals surface area contributed by atoms with Crippen molar-refractivity contribution >= 4 is 17.4 Å². The summed E-state index contributed by atoms with van der Waals surface area (Å²) in [6.07, 6.45) is 0. The van der Waals surface area contributed by atoms with Gasteiger partial charge in [-0.2, -0.15) is 0 Å². The number of urea groups is 1. The molecule has 110 valence electrons. The summed E-state index contributed by atoms with van der Waals surface area (Å²) < 4.78 is 13.8. The van der Waals surface area contributed by atoms with Crippen molar-refractivity contribution in [1.82, 2.24) is 4.90 Å². The summed E-state index contributed by atoms with van der Waals surface area (Å²) in [6.45, 7) is 1.78. The Bertz CT molecular complexity index is 628. The molecular weight excluding hydrogens is 269 g/mol. The van der Waals surface area contributed by atoms with Crippen molar-refractivity contribution in [3.8, 4) is 0 Å². The van der Waals surface area contributed by atoms with Crippen molar-refractivity contribution in [1.29, 1.82) is 0 Å². The van der Waals surface area contributed by atoms with Gasteiger partial charge >= 0.3 is 6.03 Å². The first-order valence-corrected chi connectivity index (χ1v) is 6.63. The zero-order chi connectivity index (χ0) is 15.4. The standard InChI is InChI=1S/C16H18FN3O/c1-11(14-5-3-4-6-15(14)17)20(2)16(21)19-13-9-7-12(18)8-10-13/h3-11H,18H2,1-2H3,(H,19,21). The van der Waals surface area contributed by atoms with Gasteiger partial charge in [-0.3, -0.25) is 0 Å². The van der Waals surface area contributed by atoms with Gasteiger partial charge in [-0.25, -0.2) is 9.18 Å². The minimum Gasteiger partial charge on any atom is -0.399 e. The van der Waals surface area contributed by atoms with Gasteiger partial charge in [-0.1, -0.05) is 18.2 Å². The third-order valence-corrected chi connectivity index (χ3v) is 3.42. The van der Waals surface area contributed by atoms with Crippen LogP contribution in [-0.4, -0.2) is 18.0 Å². The molecule has 0 spiro atoms.